The van der Waals surface area contributed by atoms with Crippen molar-refractivity contribution in [2.45, 2.75) is 0 Å². The molecule has 0 atom stereocenters. The second-order valence-electron chi connectivity index (χ2n) is 18.0. The Balaban J connectivity index is 1.14. The average Bonchev–Trinajstić information content (AvgIpc) is 3.77. The zero-order valence-electron chi connectivity index (χ0n) is 37.1. The summed E-state index contributed by atoms with van der Waals surface area (Å²) in [5.41, 5.74) is 11.6. The van der Waals surface area contributed by atoms with Crippen LogP contribution in [-0.4, -0.2) is 4.57 Å². The average molecular weight is 863 g/mol. The summed E-state index contributed by atoms with van der Waals surface area (Å²) < 4.78 is 2.56. The SMILES string of the molecule is c1ccc(-c2ccc(N(c3cc4ccccc4c4ccccc34)c3cc4ccccc4c4c3c3ccc(-c5ccccc5)cc3n4-c3ccc4c5ccccc5c5ccccc5c4c3)cc2)cc1. The van der Waals surface area contributed by atoms with Gasteiger partial charge < -0.3 is 9.47 Å². The lowest BCUT2D eigenvalue weighted by Gasteiger charge is -2.29. The first-order chi connectivity index (χ1) is 33.7. The van der Waals surface area contributed by atoms with Crippen molar-refractivity contribution in [2.75, 3.05) is 4.90 Å². The summed E-state index contributed by atoms with van der Waals surface area (Å²) in [6, 6.07) is 94.1. The zero-order chi connectivity index (χ0) is 44.7. The number of fused-ring (bicyclic) bond motifs is 14. The number of benzene rings is 13. The molecule has 316 valence electrons. The molecule has 0 spiro atoms. The van der Waals surface area contributed by atoms with Gasteiger partial charge in [-0.1, -0.05) is 212 Å². The summed E-state index contributed by atoms with van der Waals surface area (Å²) in [7, 11) is 0. The maximum Gasteiger partial charge on any atom is 0.0640 e. The summed E-state index contributed by atoms with van der Waals surface area (Å²) >= 11 is 0. The van der Waals surface area contributed by atoms with Crippen molar-refractivity contribution < 1.29 is 0 Å². The minimum Gasteiger partial charge on any atom is -0.309 e. The fourth-order valence-corrected chi connectivity index (χ4v) is 11.2. The monoisotopic (exact) mass is 862 g/mol. The number of hydrogen-bond donors (Lipinski definition) is 0. The Morgan fingerprint density at radius 1 is 0.265 bits per heavy atom. The minimum atomic E-state index is 1.09. The molecule has 14 rings (SSSR count). The first-order valence-corrected chi connectivity index (χ1v) is 23.5. The molecule has 2 heteroatoms. The number of rotatable bonds is 6. The lowest BCUT2D eigenvalue weighted by Crippen LogP contribution is -2.11. The fourth-order valence-electron chi connectivity index (χ4n) is 11.2. The van der Waals surface area contributed by atoms with Gasteiger partial charge in [0.15, 0.2) is 0 Å². The van der Waals surface area contributed by atoms with E-state index in [0.29, 0.717) is 0 Å². The first kappa shape index (κ1) is 38.3. The molecule has 0 fully saturated rings. The largest absolute Gasteiger partial charge is 0.309 e. The topological polar surface area (TPSA) is 8.17 Å². The lowest BCUT2D eigenvalue weighted by molar-refractivity contribution is 1.19. The van der Waals surface area contributed by atoms with Gasteiger partial charge >= 0.3 is 0 Å². The van der Waals surface area contributed by atoms with Crippen LogP contribution in [0.25, 0.3) is 114 Å². The first-order valence-electron chi connectivity index (χ1n) is 23.5. The van der Waals surface area contributed by atoms with Crippen LogP contribution >= 0.6 is 0 Å². The van der Waals surface area contributed by atoms with Gasteiger partial charge in [-0.25, -0.2) is 0 Å². The summed E-state index contributed by atoms with van der Waals surface area (Å²) in [5.74, 6) is 0. The number of nitrogens with zero attached hydrogens (tertiary/aromatic N) is 2. The van der Waals surface area contributed by atoms with Crippen molar-refractivity contribution in [1.29, 1.82) is 0 Å². The van der Waals surface area contributed by atoms with Crippen LogP contribution in [0.1, 0.15) is 0 Å². The highest BCUT2D eigenvalue weighted by atomic mass is 15.1. The molecule has 0 amide bonds. The molecule has 13 aromatic carbocycles. The van der Waals surface area contributed by atoms with E-state index in [1.165, 1.54) is 103 Å². The third kappa shape index (κ3) is 5.91. The van der Waals surface area contributed by atoms with E-state index in [0.717, 1.165) is 28.3 Å². The molecule has 0 saturated heterocycles. The van der Waals surface area contributed by atoms with Crippen LogP contribution in [0.4, 0.5) is 17.1 Å². The van der Waals surface area contributed by atoms with Gasteiger partial charge in [-0.05, 0) is 119 Å². The van der Waals surface area contributed by atoms with E-state index in [9.17, 15) is 0 Å². The van der Waals surface area contributed by atoms with Crippen LogP contribution in [0.2, 0.25) is 0 Å². The third-order valence-corrected chi connectivity index (χ3v) is 14.3. The van der Waals surface area contributed by atoms with Gasteiger partial charge in [0, 0.05) is 32.9 Å². The van der Waals surface area contributed by atoms with E-state index in [2.05, 4.69) is 264 Å². The molecule has 0 aliphatic rings. The quantitative estimate of drug-likeness (QED) is 0.151. The number of anilines is 3. The van der Waals surface area contributed by atoms with Crippen LogP contribution in [-0.2, 0) is 0 Å². The molecule has 0 aliphatic heterocycles. The van der Waals surface area contributed by atoms with E-state index in [1.54, 1.807) is 0 Å². The molecule has 0 saturated carbocycles. The van der Waals surface area contributed by atoms with Crippen molar-refractivity contribution in [3.8, 4) is 27.9 Å². The van der Waals surface area contributed by atoms with Crippen LogP contribution in [0, 0.1) is 0 Å². The molecule has 1 heterocycles. The predicted molar refractivity (Wildman–Crippen MR) is 291 cm³/mol. The van der Waals surface area contributed by atoms with E-state index in [4.69, 9.17) is 0 Å². The second-order valence-corrected chi connectivity index (χ2v) is 18.0. The zero-order valence-corrected chi connectivity index (χ0v) is 37.1. The molecule has 2 nitrogen and oxygen atoms in total. The van der Waals surface area contributed by atoms with Gasteiger partial charge in [0.05, 0.1) is 22.4 Å². The molecule has 1 aromatic heterocycles. The smallest absolute Gasteiger partial charge is 0.0640 e. The fraction of sp³-hybridized carbons (Fsp3) is 0. The molecular weight excluding hydrogens is 821 g/mol. The molecule has 68 heavy (non-hydrogen) atoms. The molecule has 0 aliphatic carbocycles. The van der Waals surface area contributed by atoms with Crippen molar-refractivity contribution in [2.24, 2.45) is 0 Å². The summed E-state index contributed by atoms with van der Waals surface area (Å²) in [5, 5.41) is 17.2. The Bertz CT molecular complexity index is 4260. The predicted octanol–water partition coefficient (Wildman–Crippen LogP) is 18.5. The Morgan fingerprint density at radius 2 is 0.706 bits per heavy atom. The maximum atomic E-state index is 2.56. The van der Waals surface area contributed by atoms with Crippen molar-refractivity contribution in [1.82, 2.24) is 4.57 Å². The van der Waals surface area contributed by atoms with E-state index in [-0.39, 0.29) is 0 Å². The van der Waals surface area contributed by atoms with Crippen molar-refractivity contribution in [3.63, 3.8) is 0 Å². The van der Waals surface area contributed by atoms with Gasteiger partial charge in [-0.2, -0.15) is 0 Å². The van der Waals surface area contributed by atoms with Crippen LogP contribution < -0.4 is 4.90 Å². The second kappa shape index (κ2) is 15.3. The van der Waals surface area contributed by atoms with Crippen molar-refractivity contribution in [3.05, 3.63) is 255 Å². The Morgan fingerprint density at radius 3 is 1.35 bits per heavy atom. The third-order valence-electron chi connectivity index (χ3n) is 14.3. The highest BCUT2D eigenvalue weighted by Gasteiger charge is 2.26. The standard InChI is InChI=1S/C66H42N2/c1-3-17-43(18-4-1)45-31-34-49(35-32-45)67(62-40-47-21-7-9-23-51(47)53-25-15-16-30-59(53)62)64-41-48-22-8-10-24-52(48)66-65(64)60-37-33-46(44-19-5-2-6-20-44)39-63(60)68(66)50-36-38-58-56-28-12-11-26-54(56)55-27-13-14-29-57(55)61(58)42-50/h1-42H. The minimum absolute atomic E-state index is 1.09. The summed E-state index contributed by atoms with van der Waals surface area (Å²) in [6.07, 6.45) is 0. The molecule has 0 radical (unpaired) electrons. The van der Waals surface area contributed by atoms with Gasteiger partial charge in [0.1, 0.15) is 0 Å². The molecule has 0 bridgehead atoms. The van der Waals surface area contributed by atoms with E-state index < -0.39 is 0 Å². The van der Waals surface area contributed by atoms with Crippen LogP contribution in [0.3, 0.4) is 0 Å². The number of hydrogen-bond acceptors (Lipinski definition) is 1. The van der Waals surface area contributed by atoms with Crippen LogP contribution in [0.5, 0.6) is 0 Å². The van der Waals surface area contributed by atoms with Gasteiger partial charge in [-0.3, -0.25) is 0 Å². The van der Waals surface area contributed by atoms with E-state index >= 15 is 0 Å². The Labute approximate surface area is 393 Å². The Hall–Kier alpha value is -8.98. The highest BCUT2D eigenvalue weighted by Crippen LogP contribution is 2.50. The molecule has 0 unspecified atom stereocenters. The highest BCUT2D eigenvalue weighted by molar-refractivity contribution is 6.28. The Kier molecular flexibility index (Phi) is 8.62. The lowest BCUT2D eigenvalue weighted by atomic mass is 9.94. The maximum absolute atomic E-state index is 2.56. The summed E-state index contributed by atoms with van der Waals surface area (Å²) in [4.78, 5) is 2.53. The normalized spacial score (nSPS) is 11.8. The van der Waals surface area contributed by atoms with Crippen LogP contribution in [0.15, 0.2) is 255 Å². The van der Waals surface area contributed by atoms with Crippen molar-refractivity contribution >= 4 is 104 Å². The van der Waals surface area contributed by atoms with E-state index in [1.807, 2.05) is 0 Å². The van der Waals surface area contributed by atoms with Gasteiger partial charge in [0.25, 0.3) is 0 Å². The number of aromatic nitrogens is 1. The summed E-state index contributed by atoms with van der Waals surface area (Å²) in [6.45, 7) is 0. The molecular formula is C66H42N2. The molecule has 14 aromatic rings. The van der Waals surface area contributed by atoms with Gasteiger partial charge in [-0.15, -0.1) is 0 Å². The van der Waals surface area contributed by atoms with Gasteiger partial charge in [0.2, 0.25) is 0 Å². The molecule has 0 N–H and O–H groups in total.